The molecule has 38 heavy (non-hydrogen) atoms. The number of para-hydroxylation sites is 1. The molecule has 9 heteroatoms. The van der Waals surface area contributed by atoms with Crippen LogP contribution in [0.1, 0.15) is 81.0 Å². The number of aromatic nitrogens is 2. The van der Waals surface area contributed by atoms with Gasteiger partial charge < -0.3 is 15.2 Å². The number of nitrogens with one attached hydrogen (secondary N) is 1. The van der Waals surface area contributed by atoms with E-state index in [0.717, 1.165) is 57.7 Å². The summed E-state index contributed by atoms with van der Waals surface area (Å²) in [5, 5.41) is 17.8. The van der Waals surface area contributed by atoms with Crippen LogP contribution < -0.4 is 5.32 Å². The minimum absolute atomic E-state index is 0.0975. The predicted octanol–water partition coefficient (Wildman–Crippen LogP) is 5.92. The van der Waals surface area contributed by atoms with E-state index in [1.54, 1.807) is 6.07 Å². The van der Waals surface area contributed by atoms with Crippen molar-refractivity contribution >= 4 is 5.97 Å². The van der Waals surface area contributed by atoms with Crippen LogP contribution >= 0.6 is 0 Å². The summed E-state index contributed by atoms with van der Waals surface area (Å²) in [6.45, 7) is 6.95. The van der Waals surface area contributed by atoms with E-state index in [1.165, 1.54) is 23.0 Å². The zero-order chi connectivity index (χ0) is 27.3. The largest absolute Gasteiger partial charge is 0.461 e. The minimum atomic E-state index is -4.57. The van der Waals surface area contributed by atoms with Gasteiger partial charge in [0.25, 0.3) is 0 Å². The number of unbranched alkanes of at least 4 members (excludes halogenated alkanes) is 2. The van der Waals surface area contributed by atoms with Crippen molar-refractivity contribution in [1.82, 2.24) is 15.1 Å². The fraction of sp³-hybridized carbons (Fsp3) is 0.586. The van der Waals surface area contributed by atoms with E-state index in [9.17, 15) is 23.1 Å². The Labute approximate surface area is 222 Å². The Hall–Kier alpha value is -2.65. The Morgan fingerprint density at radius 3 is 2.71 bits per heavy atom. The normalized spacial score (nSPS) is 21.6. The summed E-state index contributed by atoms with van der Waals surface area (Å²) < 4.78 is 49.2. The molecular formula is C29H38F3N3O3. The number of aliphatic hydroxyl groups is 1. The quantitative estimate of drug-likeness (QED) is 0.213. The molecule has 2 N–H and O–H groups in total. The Morgan fingerprint density at radius 2 is 2.05 bits per heavy atom. The van der Waals surface area contributed by atoms with Crippen LogP contribution in [0.2, 0.25) is 0 Å². The van der Waals surface area contributed by atoms with Gasteiger partial charge in [0, 0.05) is 16.9 Å². The molecule has 4 rings (SSSR count). The Kier molecular flexibility index (Phi) is 8.98. The van der Waals surface area contributed by atoms with Gasteiger partial charge in [0.2, 0.25) is 0 Å². The van der Waals surface area contributed by atoms with Crippen LogP contribution in [0.15, 0.2) is 43.1 Å². The van der Waals surface area contributed by atoms with Crippen molar-refractivity contribution in [3.63, 3.8) is 0 Å². The average molecular weight is 534 g/mol. The molecule has 208 valence electrons. The molecule has 1 aliphatic carbocycles. The van der Waals surface area contributed by atoms with Gasteiger partial charge in [-0.05, 0) is 70.2 Å². The number of allylic oxidation sites excluding steroid dienone is 1. The first kappa shape index (κ1) is 28.4. The highest BCUT2D eigenvalue weighted by molar-refractivity contribution is 5.73. The molecule has 0 radical (unpaired) electrons. The number of piperidine rings is 1. The molecule has 1 aliphatic heterocycles. The van der Waals surface area contributed by atoms with Gasteiger partial charge >= 0.3 is 12.1 Å². The van der Waals surface area contributed by atoms with E-state index in [0.29, 0.717) is 24.1 Å². The monoisotopic (exact) mass is 533 g/mol. The molecule has 3 atom stereocenters. The van der Waals surface area contributed by atoms with Gasteiger partial charge in [0.05, 0.1) is 35.7 Å². The number of halogens is 3. The molecular weight excluding hydrogens is 495 g/mol. The summed E-state index contributed by atoms with van der Waals surface area (Å²) in [6, 6.07) is 5.31. The maximum absolute atomic E-state index is 13.9. The second-order valence-corrected chi connectivity index (χ2v) is 10.6. The molecule has 1 saturated heterocycles. The Morgan fingerprint density at radius 1 is 1.32 bits per heavy atom. The molecule has 0 bridgehead atoms. The van der Waals surface area contributed by atoms with Gasteiger partial charge in [-0.25, -0.2) is 4.68 Å². The zero-order valence-corrected chi connectivity index (χ0v) is 22.0. The second-order valence-electron chi connectivity index (χ2n) is 10.6. The van der Waals surface area contributed by atoms with Crippen molar-refractivity contribution in [3.05, 3.63) is 59.9 Å². The summed E-state index contributed by atoms with van der Waals surface area (Å²) >= 11 is 0. The number of carbonyl (C=O) groups is 1. The number of ether oxygens (including phenoxy) is 1. The van der Waals surface area contributed by atoms with Crippen LogP contribution in [0.3, 0.4) is 0 Å². The van der Waals surface area contributed by atoms with Crippen LogP contribution in [0.4, 0.5) is 13.2 Å². The van der Waals surface area contributed by atoms with E-state index in [-0.39, 0.29) is 35.5 Å². The van der Waals surface area contributed by atoms with Crippen molar-refractivity contribution < 1.29 is 27.8 Å². The molecule has 2 heterocycles. The van der Waals surface area contributed by atoms with Crippen molar-refractivity contribution in [1.29, 1.82) is 0 Å². The number of hydrogen-bond acceptors (Lipinski definition) is 5. The standard InChI is InChI=1S/C29H38F3N3O3/c1-3-5-6-7-10-20(4-2)27(37)38-26-22(17-28(26)13-15-33-16-14-28)25-21(19-36)18-34-35(25)24-12-9-8-11-23(24)29(30,31)32/h3,8-9,11-12,18,20,22,26,33,36H,1,4-7,10,13-17,19H2,2H3. The van der Waals surface area contributed by atoms with E-state index in [1.807, 2.05) is 13.0 Å². The maximum atomic E-state index is 13.9. The van der Waals surface area contributed by atoms with Gasteiger partial charge in [-0.2, -0.15) is 18.3 Å². The number of aliphatic hydroxyl groups excluding tert-OH is 1. The van der Waals surface area contributed by atoms with Gasteiger partial charge in [-0.1, -0.05) is 31.6 Å². The van der Waals surface area contributed by atoms with Crippen LogP contribution in [0.5, 0.6) is 0 Å². The van der Waals surface area contributed by atoms with Crippen LogP contribution in [-0.4, -0.2) is 40.0 Å². The highest BCUT2D eigenvalue weighted by Crippen LogP contribution is 2.58. The number of rotatable bonds is 11. The number of esters is 1. The van der Waals surface area contributed by atoms with Gasteiger partial charge in [-0.3, -0.25) is 4.79 Å². The summed E-state index contributed by atoms with van der Waals surface area (Å²) in [5.74, 6) is -0.833. The third kappa shape index (κ3) is 5.69. The number of benzene rings is 1. The van der Waals surface area contributed by atoms with Crippen LogP contribution in [0.25, 0.3) is 5.69 Å². The molecule has 1 spiro atoms. The molecule has 1 aromatic heterocycles. The van der Waals surface area contributed by atoms with Crippen molar-refractivity contribution in [2.24, 2.45) is 11.3 Å². The summed E-state index contributed by atoms with van der Waals surface area (Å²) in [4.78, 5) is 13.4. The summed E-state index contributed by atoms with van der Waals surface area (Å²) in [6.07, 6.45) is 4.70. The van der Waals surface area contributed by atoms with E-state index in [2.05, 4.69) is 17.0 Å². The summed E-state index contributed by atoms with van der Waals surface area (Å²) in [7, 11) is 0. The molecule has 6 nitrogen and oxygen atoms in total. The van der Waals surface area contributed by atoms with Crippen molar-refractivity contribution in [2.45, 2.75) is 83.1 Å². The molecule has 3 unspecified atom stereocenters. The van der Waals surface area contributed by atoms with Crippen LogP contribution in [0, 0.1) is 11.3 Å². The fourth-order valence-electron chi connectivity index (χ4n) is 6.18. The third-order valence-electron chi connectivity index (χ3n) is 8.32. The molecule has 1 aromatic carbocycles. The lowest BCUT2D eigenvalue weighted by molar-refractivity contribution is -0.184. The Balaban J connectivity index is 1.67. The minimum Gasteiger partial charge on any atom is -0.461 e. The lowest BCUT2D eigenvalue weighted by Crippen LogP contribution is -2.58. The number of nitrogens with zero attached hydrogens (tertiary/aromatic N) is 2. The fourth-order valence-corrected chi connectivity index (χ4v) is 6.18. The first-order chi connectivity index (χ1) is 18.3. The lowest BCUT2D eigenvalue weighted by atomic mass is 9.54. The van der Waals surface area contributed by atoms with Crippen LogP contribution in [-0.2, 0) is 22.3 Å². The van der Waals surface area contributed by atoms with E-state index >= 15 is 0 Å². The highest BCUT2D eigenvalue weighted by Gasteiger charge is 2.58. The van der Waals surface area contributed by atoms with Gasteiger partial charge in [0.15, 0.2) is 0 Å². The van der Waals surface area contributed by atoms with Crippen molar-refractivity contribution in [2.75, 3.05) is 13.1 Å². The van der Waals surface area contributed by atoms with Gasteiger partial charge in [0.1, 0.15) is 6.10 Å². The topological polar surface area (TPSA) is 76.4 Å². The summed E-state index contributed by atoms with van der Waals surface area (Å²) in [5.41, 5.74) is -0.194. The van der Waals surface area contributed by atoms with E-state index in [4.69, 9.17) is 4.74 Å². The first-order valence-corrected chi connectivity index (χ1v) is 13.6. The maximum Gasteiger partial charge on any atom is 0.418 e. The molecule has 2 fully saturated rings. The second kappa shape index (κ2) is 12.0. The highest BCUT2D eigenvalue weighted by atomic mass is 19.4. The predicted molar refractivity (Wildman–Crippen MR) is 139 cm³/mol. The van der Waals surface area contributed by atoms with Crippen molar-refractivity contribution in [3.8, 4) is 5.69 Å². The van der Waals surface area contributed by atoms with E-state index < -0.39 is 17.8 Å². The molecule has 0 amide bonds. The zero-order valence-electron chi connectivity index (χ0n) is 22.0. The molecule has 2 aromatic rings. The van der Waals surface area contributed by atoms with Gasteiger partial charge in [-0.15, -0.1) is 6.58 Å². The molecule has 1 saturated carbocycles. The Bertz CT molecular complexity index is 1110. The number of hydrogen-bond donors (Lipinski definition) is 2. The molecule has 2 aliphatic rings. The smallest absolute Gasteiger partial charge is 0.418 e. The first-order valence-electron chi connectivity index (χ1n) is 13.6. The average Bonchev–Trinajstić information content (AvgIpc) is 3.34. The number of carbonyl (C=O) groups excluding carboxylic acids is 1. The lowest BCUT2D eigenvalue weighted by Gasteiger charge is -2.56. The SMILES string of the molecule is C=CCCCCC(CC)C(=O)OC1C(c2c(CO)cnn2-c2ccccc2C(F)(F)F)CC12CCNCC2. The third-order valence-corrected chi connectivity index (χ3v) is 8.32. The number of alkyl halides is 3.